The minimum atomic E-state index is -4.43. The van der Waals surface area contributed by atoms with E-state index in [-0.39, 0.29) is 15.3 Å². The van der Waals surface area contributed by atoms with E-state index in [1.807, 2.05) is 0 Å². The first-order chi connectivity index (χ1) is 15.8. The van der Waals surface area contributed by atoms with Gasteiger partial charge in [0, 0.05) is 32.0 Å². The Morgan fingerprint density at radius 2 is 1.94 bits per heavy atom. The van der Waals surface area contributed by atoms with Crippen molar-refractivity contribution < 1.29 is 23.0 Å². The molecule has 2 heterocycles. The van der Waals surface area contributed by atoms with Gasteiger partial charge in [-0.15, -0.1) is 0 Å². The number of aliphatic hydroxyl groups excluding tert-OH is 1. The standard InChI is InChI=1S/C27H31F3INO2/c1-14(2)23-21-22(20-17(32-23)12-25(3,4)13-18(20)33)26(10-6-9-19(26)31)34-24(21)15-7-5-8-16(11-15)27(28,29)30/h5,7-8,11,14,18-19,24,33H,6,9-10,12-13H2,1-4H3. The van der Waals surface area contributed by atoms with Crippen LogP contribution in [0, 0.1) is 5.41 Å². The van der Waals surface area contributed by atoms with Crippen molar-refractivity contribution in [1.29, 1.82) is 0 Å². The minimum Gasteiger partial charge on any atom is -0.388 e. The van der Waals surface area contributed by atoms with E-state index in [0.717, 1.165) is 59.8 Å². The van der Waals surface area contributed by atoms with Crippen LogP contribution in [0.15, 0.2) is 24.3 Å². The Kier molecular flexibility index (Phi) is 5.88. The SMILES string of the molecule is CC(C)c1nc2c(c3c1C(c1cccc(C(F)(F)F)c1)OC31CCCC1I)C(O)CC(C)(C)C2. The summed E-state index contributed by atoms with van der Waals surface area (Å²) in [6, 6.07) is 5.50. The van der Waals surface area contributed by atoms with E-state index in [1.54, 1.807) is 6.07 Å². The summed E-state index contributed by atoms with van der Waals surface area (Å²) in [7, 11) is 0. The first-order valence-corrected chi connectivity index (χ1v) is 13.3. The number of rotatable bonds is 2. The maximum absolute atomic E-state index is 13.6. The molecule has 0 bridgehead atoms. The Bertz CT molecular complexity index is 1130. The summed E-state index contributed by atoms with van der Waals surface area (Å²) in [6.45, 7) is 8.45. The molecule has 1 aromatic heterocycles. The number of nitrogens with zero attached hydrogens (tertiary/aromatic N) is 1. The van der Waals surface area contributed by atoms with Crippen LogP contribution in [0.3, 0.4) is 0 Å². The molecule has 4 unspecified atom stereocenters. The van der Waals surface area contributed by atoms with Crippen LogP contribution in [-0.2, 0) is 22.9 Å². The van der Waals surface area contributed by atoms with Crippen molar-refractivity contribution in [2.45, 2.75) is 93.6 Å². The average Bonchev–Trinajstić information content (AvgIpc) is 3.27. The highest BCUT2D eigenvalue weighted by molar-refractivity contribution is 14.1. The second kappa shape index (κ2) is 8.17. The molecule has 2 aliphatic carbocycles. The van der Waals surface area contributed by atoms with E-state index in [0.29, 0.717) is 12.0 Å². The third-order valence-electron chi connectivity index (χ3n) is 7.69. The molecule has 184 valence electrons. The maximum atomic E-state index is 13.6. The zero-order chi connectivity index (χ0) is 24.6. The van der Waals surface area contributed by atoms with Gasteiger partial charge in [-0.2, -0.15) is 13.2 Å². The number of fused-ring (bicyclic) bond motifs is 4. The highest BCUT2D eigenvalue weighted by atomic mass is 127. The second-order valence-electron chi connectivity index (χ2n) is 11.2. The van der Waals surface area contributed by atoms with Gasteiger partial charge in [0.05, 0.1) is 11.7 Å². The first kappa shape index (κ1) is 24.5. The zero-order valence-electron chi connectivity index (χ0n) is 20.0. The molecule has 1 spiro atoms. The normalized spacial score (nSPS) is 30.1. The van der Waals surface area contributed by atoms with Crippen LogP contribution in [0.25, 0.3) is 0 Å². The van der Waals surface area contributed by atoms with Crippen LogP contribution >= 0.6 is 22.6 Å². The van der Waals surface area contributed by atoms with Crippen LogP contribution in [0.1, 0.15) is 111 Å². The maximum Gasteiger partial charge on any atom is 0.416 e. The molecule has 34 heavy (non-hydrogen) atoms. The number of hydrogen-bond donors (Lipinski definition) is 1. The van der Waals surface area contributed by atoms with E-state index in [9.17, 15) is 18.3 Å². The van der Waals surface area contributed by atoms with Gasteiger partial charge in [-0.25, -0.2) is 0 Å². The molecule has 3 nitrogen and oxygen atoms in total. The molecular formula is C27H31F3INO2. The van der Waals surface area contributed by atoms with Gasteiger partial charge in [0.2, 0.25) is 0 Å². The fraction of sp³-hybridized carbons (Fsp3) is 0.593. The van der Waals surface area contributed by atoms with Gasteiger partial charge >= 0.3 is 6.18 Å². The van der Waals surface area contributed by atoms with E-state index in [2.05, 4.69) is 50.3 Å². The Balaban J connectivity index is 1.80. The highest BCUT2D eigenvalue weighted by Crippen LogP contribution is 2.61. The Hall–Kier alpha value is -1.19. The summed E-state index contributed by atoms with van der Waals surface area (Å²) in [5.41, 5.74) is 3.71. The number of halogens is 4. The van der Waals surface area contributed by atoms with Crippen molar-refractivity contribution in [3.8, 4) is 0 Å². The van der Waals surface area contributed by atoms with Gasteiger partial charge in [0.15, 0.2) is 0 Å². The number of alkyl halides is 4. The Morgan fingerprint density at radius 1 is 1.21 bits per heavy atom. The van der Waals surface area contributed by atoms with Crippen LogP contribution in [0.2, 0.25) is 0 Å². The molecule has 1 saturated carbocycles. The highest BCUT2D eigenvalue weighted by Gasteiger charge is 2.56. The second-order valence-corrected chi connectivity index (χ2v) is 12.7. The summed E-state index contributed by atoms with van der Waals surface area (Å²) >= 11 is 2.44. The van der Waals surface area contributed by atoms with Crippen molar-refractivity contribution in [1.82, 2.24) is 4.98 Å². The lowest BCUT2D eigenvalue weighted by Gasteiger charge is -2.39. The Labute approximate surface area is 212 Å². The number of aliphatic hydroxyl groups is 1. The van der Waals surface area contributed by atoms with Crippen molar-refractivity contribution in [3.05, 3.63) is 63.5 Å². The van der Waals surface area contributed by atoms with Crippen molar-refractivity contribution >= 4 is 22.6 Å². The lowest BCUT2D eigenvalue weighted by atomic mass is 9.70. The lowest BCUT2D eigenvalue weighted by Crippen LogP contribution is -2.35. The molecule has 1 N–H and O–H groups in total. The van der Waals surface area contributed by atoms with Crippen LogP contribution < -0.4 is 0 Å². The molecule has 1 fully saturated rings. The number of ether oxygens (including phenoxy) is 1. The fourth-order valence-electron chi connectivity index (χ4n) is 6.28. The molecule has 0 radical (unpaired) electrons. The molecule has 4 atom stereocenters. The van der Waals surface area contributed by atoms with Gasteiger partial charge in [-0.1, -0.05) is 62.4 Å². The first-order valence-electron chi connectivity index (χ1n) is 12.1. The van der Waals surface area contributed by atoms with E-state index < -0.39 is 29.5 Å². The van der Waals surface area contributed by atoms with Gasteiger partial charge in [0.1, 0.15) is 11.7 Å². The van der Waals surface area contributed by atoms with Crippen molar-refractivity contribution in [2.75, 3.05) is 0 Å². The van der Waals surface area contributed by atoms with E-state index in [4.69, 9.17) is 9.72 Å². The predicted molar refractivity (Wildman–Crippen MR) is 133 cm³/mol. The van der Waals surface area contributed by atoms with Gasteiger partial charge in [0.25, 0.3) is 0 Å². The van der Waals surface area contributed by atoms with Crippen molar-refractivity contribution in [3.63, 3.8) is 0 Å². The number of hydrogen-bond acceptors (Lipinski definition) is 3. The third kappa shape index (κ3) is 3.81. The number of benzene rings is 1. The molecule has 1 aliphatic heterocycles. The third-order valence-corrected chi connectivity index (χ3v) is 9.32. The quantitative estimate of drug-likeness (QED) is 0.293. The monoisotopic (exact) mass is 585 g/mol. The van der Waals surface area contributed by atoms with Crippen molar-refractivity contribution in [2.24, 2.45) is 5.41 Å². The smallest absolute Gasteiger partial charge is 0.388 e. The molecule has 1 aromatic carbocycles. The van der Waals surface area contributed by atoms with E-state index >= 15 is 0 Å². The Morgan fingerprint density at radius 3 is 2.56 bits per heavy atom. The largest absolute Gasteiger partial charge is 0.416 e. The van der Waals surface area contributed by atoms with Crippen LogP contribution in [0.4, 0.5) is 13.2 Å². The summed E-state index contributed by atoms with van der Waals surface area (Å²) < 4.78 is 47.8. The molecule has 5 rings (SSSR count). The van der Waals surface area contributed by atoms with Gasteiger partial charge in [-0.3, -0.25) is 4.98 Å². The number of aromatic nitrogens is 1. The van der Waals surface area contributed by atoms with Gasteiger partial charge < -0.3 is 9.84 Å². The summed E-state index contributed by atoms with van der Waals surface area (Å²) in [5, 5.41) is 11.4. The topological polar surface area (TPSA) is 42.4 Å². The summed E-state index contributed by atoms with van der Waals surface area (Å²) in [4.78, 5) is 5.09. The van der Waals surface area contributed by atoms with Crippen LogP contribution in [0.5, 0.6) is 0 Å². The molecule has 3 aliphatic rings. The molecule has 2 aromatic rings. The molecule has 0 saturated heterocycles. The fourth-order valence-corrected chi connectivity index (χ4v) is 7.49. The minimum absolute atomic E-state index is 0.0716. The summed E-state index contributed by atoms with van der Waals surface area (Å²) in [6.07, 6.45) is -1.56. The molecule has 7 heteroatoms. The average molecular weight is 585 g/mol. The van der Waals surface area contributed by atoms with Crippen LogP contribution in [-0.4, -0.2) is 14.0 Å². The molecular weight excluding hydrogens is 554 g/mol. The molecule has 0 amide bonds. The zero-order valence-corrected chi connectivity index (χ0v) is 22.1. The van der Waals surface area contributed by atoms with Gasteiger partial charge in [-0.05, 0) is 61.1 Å². The summed E-state index contributed by atoms with van der Waals surface area (Å²) in [5.74, 6) is 0.0716. The van der Waals surface area contributed by atoms with E-state index in [1.165, 1.54) is 12.1 Å². The number of pyridine rings is 1. The lowest BCUT2D eigenvalue weighted by molar-refractivity contribution is -0.137. The predicted octanol–water partition coefficient (Wildman–Crippen LogP) is 7.53.